The van der Waals surface area contributed by atoms with Gasteiger partial charge in [-0.2, -0.15) is 0 Å². The molecule has 0 aromatic heterocycles. The van der Waals surface area contributed by atoms with E-state index in [-0.39, 0.29) is 24.8 Å². The van der Waals surface area contributed by atoms with Gasteiger partial charge in [0.2, 0.25) is 5.91 Å². The molecule has 1 atom stereocenters. The van der Waals surface area contributed by atoms with E-state index in [9.17, 15) is 9.59 Å². The SMILES string of the molecule is C[C@H](C(=O)N(C)CCC(=O)O)c1ccc2c(c1)OCCO2. The Morgan fingerprint density at radius 2 is 1.95 bits per heavy atom. The van der Waals surface area contributed by atoms with E-state index in [0.29, 0.717) is 24.7 Å². The lowest BCUT2D eigenvalue weighted by atomic mass is 9.99. The molecule has 1 heterocycles. The highest BCUT2D eigenvalue weighted by atomic mass is 16.6. The summed E-state index contributed by atoms with van der Waals surface area (Å²) < 4.78 is 11.0. The Morgan fingerprint density at radius 1 is 1.29 bits per heavy atom. The number of ether oxygens (including phenoxy) is 2. The molecule has 1 aromatic carbocycles. The Morgan fingerprint density at radius 3 is 2.62 bits per heavy atom. The van der Waals surface area contributed by atoms with Gasteiger partial charge in [0.25, 0.3) is 0 Å². The van der Waals surface area contributed by atoms with Crippen LogP contribution < -0.4 is 9.47 Å². The molecule has 1 aliphatic rings. The molecule has 0 bridgehead atoms. The van der Waals surface area contributed by atoms with Crippen LogP contribution in [0.4, 0.5) is 0 Å². The van der Waals surface area contributed by atoms with E-state index in [2.05, 4.69) is 0 Å². The highest BCUT2D eigenvalue weighted by Crippen LogP contribution is 2.33. The molecule has 6 heteroatoms. The van der Waals surface area contributed by atoms with Crippen LogP contribution in [0.3, 0.4) is 0 Å². The van der Waals surface area contributed by atoms with Gasteiger partial charge < -0.3 is 19.5 Å². The van der Waals surface area contributed by atoms with Gasteiger partial charge in [-0.3, -0.25) is 9.59 Å². The maximum absolute atomic E-state index is 12.3. The first-order valence-electron chi connectivity index (χ1n) is 6.85. The van der Waals surface area contributed by atoms with Crippen LogP contribution >= 0.6 is 0 Å². The van der Waals surface area contributed by atoms with Crippen molar-refractivity contribution in [2.24, 2.45) is 0 Å². The fraction of sp³-hybridized carbons (Fsp3) is 0.467. The molecular weight excluding hydrogens is 274 g/mol. The van der Waals surface area contributed by atoms with E-state index in [1.807, 2.05) is 12.1 Å². The quantitative estimate of drug-likeness (QED) is 0.890. The standard InChI is InChI=1S/C15H19NO5/c1-10(15(19)16(2)6-5-14(17)18)11-3-4-12-13(9-11)21-8-7-20-12/h3-4,9-10H,5-8H2,1-2H3,(H,17,18)/t10-/m0/s1. The van der Waals surface area contributed by atoms with Crippen molar-refractivity contribution in [2.45, 2.75) is 19.3 Å². The van der Waals surface area contributed by atoms with Crippen molar-refractivity contribution in [3.8, 4) is 11.5 Å². The number of carboxylic acids is 1. The molecule has 6 nitrogen and oxygen atoms in total. The van der Waals surface area contributed by atoms with Gasteiger partial charge in [0.05, 0.1) is 12.3 Å². The number of nitrogens with zero attached hydrogens (tertiary/aromatic N) is 1. The number of hydrogen-bond acceptors (Lipinski definition) is 4. The average Bonchev–Trinajstić information content (AvgIpc) is 2.50. The predicted molar refractivity (Wildman–Crippen MR) is 75.7 cm³/mol. The Balaban J connectivity index is 2.06. The summed E-state index contributed by atoms with van der Waals surface area (Å²) in [6, 6.07) is 5.44. The van der Waals surface area contributed by atoms with Gasteiger partial charge in [-0.15, -0.1) is 0 Å². The molecule has 2 rings (SSSR count). The number of carboxylic acid groups (broad SMARTS) is 1. The van der Waals surface area contributed by atoms with Crippen LogP contribution in [0.15, 0.2) is 18.2 Å². The molecule has 1 N–H and O–H groups in total. The van der Waals surface area contributed by atoms with Gasteiger partial charge in [0.15, 0.2) is 11.5 Å². The number of hydrogen-bond donors (Lipinski definition) is 1. The van der Waals surface area contributed by atoms with Crippen molar-refractivity contribution in [1.29, 1.82) is 0 Å². The minimum atomic E-state index is -0.915. The molecule has 0 saturated heterocycles. The third-order valence-corrected chi connectivity index (χ3v) is 3.47. The van der Waals surface area contributed by atoms with E-state index in [1.165, 1.54) is 4.90 Å². The minimum Gasteiger partial charge on any atom is -0.486 e. The summed E-state index contributed by atoms with van der Waals surface area (Å²) in [4.78, 5) is 24.3. The Kier molecular flexibility index (Phi) is 4.67. The Bertz CT molecular complexity index is 543. The lowest BCUT2D eigenvalue weighted by Crippen LogP contribution is -2.32. The van der Waals surface area contributed by atoms with Crippen molar-refractivity contribution in [2.75, 3.05) is 26.8 Å². The van der Waals surface area contributed by atoms with Crippen LogP contribution in [0.1, 0.15) is 24.8 Å². The number of fused-ring (bicyclic) bond motifs is 1. The smallest absolute Gasteiger partial charge is 0.305 e. The second kappa shape index (κ2) is 6.47. The summed E-state index contributed by atoms with van der Waals surface area (Å²) >= 11 is 0. The monoisotopic (exact) mass is 293 g/mol. The fourth-order valence-corrected chi connectivity index (χ4v) is 2.18. The van der Waals surface area contributed by atoms with Gasteiger partial charge in [0, 0.05) is 13.6 Å². The van der Waals surface area contributed by atoms with Crippen LogP contribution in [-0.4, -0.2) is 48.7 Å². The van der Waals surface area contributed by atoms with Gasteiger partial charge in [-0.05, 0) is 24.6 Å². The van der Waals surface area contributed by atoms with E-state index >= 15 is 0 Å². The molecule has 1 amide bonds. The molecule has 0 fully saturated rings. The molecule has 0 saturated carbocycles. The Labute approximate surface area is 123 Å². The molecule has 0 aliphatic carbocycles. The topological polar surface area (TPSA) is 76.1 Å². The van der Waals surface area contributed by atoms with Crippen LogP contribution in [0.25, 0.3) is 0 Å². The molecule has 0 unspecified atom stereocenters. The molecular formula is C15H19NO5. The molecule has 1 aliphatic heterocycles. The summed E-state index contributed by atoms with van der Waals surface area (Å²) in [6.07, 6.45) is -0.0594. The average molecular weight is 293 g/mol. The van der Waals surface area contributed by atoms with Crippen LogP contribution in [0.5, 0.6) is 11.5 Å². The zero-order valence-electron chi connectivity index (χ0n) is 12.2. The molecule has 0 radical (unpaired) electrons. The maximum Gasteiger partial charge on any atom is 0.305 e. The number of carbonyl (C=O) groups excluding carboxylic acids is 1. The molecule has 1 aromatic rings. The summed E-state index contributed by atoms with van der Waals surface area (Å²) in [5.74, 6) is -0.0651. The van der Waals surface area contributed by atoms with Crippen LogP contribution in [0, 0.1) is 0 Å². The first-order chi connectivity index (χ1) is 9.99. The molecule has 114 valence electrons. The number of aliphatic carboxylic acids is 1. The Hall–Kier alpha value is -2.24. The van der Waals surface area contributed by atoms with Crippen LogP contribution in [0.2, 0.25) is 0 Å². The zero-order chi connectivity index (χ0) is 15.4. The lowest BCUT2D eigenvalue weighted by Gasteiger charge is -2.23. The van der Waals surface area contributed by atoms with Crippen LogP contribution in [-0.2, 0) is 9.59 Å². The third-order valence-electron chi connectivity index (χ3n) is 3.47. The number of benzene rings is 1. The van der Waals surface area contributed by atoms with E-state index < -0.39 is 5.97 Å². The highest BCUT2D eigenvalue weighted by Gasteiger charge is 2.22. The van der Waals surface area contributed by atoms with Crippen molar-refractivity contribution < 1.29 is 24.2 Å². The number of rotatable bonds is 5. The third kappa shape index (κ3) is 3.65. The molecule has 0 spiro atoms. The van der Waals surface area contributed by atoms with Crippen molar-refractivity contribution in [3.05, 3.63) is 23.8 Å². The largest absolute Gasteiger partial charge is 0.486 e. The zero-order valence-corrected chi connectivity index (χ0v) is 12.2. The number of amides is 1. The summed E-state index contributed by atoms with van der Waals surface area (Å²) in [6.45, 7) is 3.02. The van der Waals surface area contributed by atoms with E-state index in [0.717, 1.165) is 5.56 Å². The first-order valence-corrected chi connectivity index (χ1v) is 6.85. The fourth-order valence-electron chi connectivity index (χ4n) is 2.18. The van der Waals surface area contributed by atoms with Gasteiger partial charge >= 0.3 is 5.97 Å². The second-order valence-electron chi connectivity index (χ2n) is 5.03. The first kappa shape index (κ1) is 15.2. The summed E-state index contributed by atoms with van der Waals surface area (Å²) in [5.41, 5.74) is 0.825. The summed E-state index contributed by atoms with van der Waals surface area (Å²) in [5, 5.41) is 8.66. The van der Waals surface area contributed by atoms with E-state index in [1.54, 1.807) is 20.0 Å². The minimum absolute atomic E-state index is 0.0594. The van der Waals surface area contributed by atoms with Gasteiger partial charge in [0.1, 0.15) is 13.2 Å². The normalized spacial score (nSPS) is 14.4. The maximum atomic E-state index is 12.3. The van der Waals surface area contributed by atoms with E-state index in [4.69, 9.17) is 14.6 Å². The summed E-state index contributed by atoms with van der Waals surface area (Å²) in [7, 11) is 1.61. The van der Waals surface area contributed by atoms with Gasteiger partial charge in [-0.25, -0.2) is 0 Å². The van der Waals surface area contributed by atoms with Crippen molar-refractivity contribution >= 4 is 11.9 Å². The molecule has 21 heavy (non-hydrogen) atoms. The number of likely N-dealkylation sites (N-methyl/N-ethyl adjacent to an activating group) is 1. The second-order valence-corrected chi connectivity index (χ2v) is 5.03. The lowest BCUT2D eigenvalue weighted by molar-refractivity contribution is -0.138. The van der Waals surface area contributed by atoms with Gasteiger partial charge in [-0.1, -0.05) is 6.07 Å². The number of carbonyl (C=O) groups is 2. The highest BCUT2D eigenvalue weighted by molar-refractivity contribution is 5.83. The predicted octanol–water partition coefficient (Wildman–Crippen LogP) is 1.49. The van der Waals surface area contributed by atoms with Crippen molar-refractivity contribution in [1.82, 2.24) is 4.90 Å². The van der Waals surface area contributed by atoms with Crippen molar-refractivity contribution in [3.63, 3.8) is 0 Å².